The van der Waals surface area contributed by atoms with E-state index < -0.39 is 5.97 Å². The van der Waals surface area contributed by atoms with Crippen LogP contribution in [-0.2, 0) is 4.79 Å². The Morgan fingerprint density at radius 2 is 1.33 bits per heavy atom. The summed E-state index contributed by atoms with van der Waals surface area (Å²) in [6.07, 6.45) is -0.0263. The molecule has 21 heavy (non-hydrogen) atoms. The van der Waals surface area contributed by atoms with E-state index in [4.69, 9.17) is 5.11 Å². The van der Waals surface area contributed by atoms with E-state index in [1.54, 1.807) is 4.90 Å². The number of aliphatic carboxylic acids is 1. The SMILES string of the molecule is CCN(CCC(=O)O)C(=O)c1c(C)c(C)c(C)c(C)c1C. The third-order valence-corrected chi connectivity index (χ3v) is 4.48. The molecule has 1 rings (SSSR count). The van der Waals surface area contributed by atoms with Gasteiger partial charge < -0.3 is 10.0 Å². The van der Waals surface area contributed by atoms with Crippen LogP contribution in [0, 0.1) is 34.6 Å². The Labute approximate surface area is 126 Å². The van der Waals surface area contributed by atoms with Crippen molar-refractivity contribution in [2.75, 3.05) is 13.1 Å². The van der Waals surface area contributed by atoms with Gasteiger partial charge in [0.25, 0.3) is 5.91 Å². The average Bonchev–Trinajstić information content (AvgIpc) is 2.43. The number of hydrogen-bond acceptors (Lipinski definition) is 2. The lowest BCUT2D eigenvalue weighted by Gasteiger charge is -2.24. The number of carboxylic acid groups (broad SMARTS) is 1. The normalized spacial score (nSPS) is 10.6. The molecule has 1 aromatic rings. The highest BCUT2D eigenvalue weighted by atomic mass is 16.4. The first-order valence-corrected chi connectivity index (χ1v) is 7.30. The van der Waals surface area contributed by atoms with E-state index in [1.165, 1.54) is 5.56 Å². The predicted octanol–water partition coefficient (Wildman–Crippen LogP) is 3.17. The Kier molecular flexibility index (Phi) is 5.53. The number of rotatable bonds is 5. The highest BCUT2D eigenvalue weighted by molar-refractivity contribution is 5.98. The van der Waals surface area contributed by atoms with Crippen molar-refractivity contribution in [3.05, 3.63) is 33.4 Å². The second-order valence-electron chi connectivity index (χ2n) is 5.53. The minimum atomic E-state index is -0.883. The zero-order chi connectivity index (χ0) is 16.3. The van der Waals surface area contributed by atoms with E-state index in [1.807, 2.05) is 34.6 Å². The van der Waals surface area contributed by atoms with Gasteiger partial charge >= 0.3 is 5.97 Å². The maximum atomic E-state index is 12.8. The van der Waals surface area contributed by atoms with Crippen molar-refractivity contribution in [1.29, 1.82) is 0 Å². The molecule has 1 N–H and O–H groups in total. The van der Waals surface area contributed by atoms with Crippen molar-refractivity contribution in [2.24, 2.45) is 0 Å². The van der Waals surface area contributed by atoms with Crippen LogP contribution in [-0.4, -0.2) is 35.0 Å². The van der Waals surface area contributed by atoms with Gasteiger partial charge in [-0.25, -0.2) is 0 Å². The van der Waals surface area contributed by atoms with Crippen molar-refractivity contribution >= 4 is 11.9 Å². The second-order valence-corrected chi connectivity index (χ2v) is 5.53. The maximum absolute atomic E-state index is 12.8. The highest BCUT2D eigenvalue weighted by Gasteiger charge is 2.22. The summed E-state index contributed by atoms with van der Waals surface area (Å²) in [5, 5.41) is 8.81. The Bertz CT molecular complexity index is 547. The molecule has 0 spiro atoms. The summed E-state index contributed by atoms with van der Waals surface area (Å²) in [5.41, 5.74) is 6.20. The van der Waals surface area contributed by atoms with Gasteiger partial charge in [0.15, 0.2) is 0 Å². The molecule has 116 valence electrons. The molecule has 4 heteroatoms. The van der Waals surface area contributed by atoms with Gasteiger partial charge in [0.05, 0.1) is 6.42 Å². The molecule has 0 saturated carbocycles. The van der Waals surface area contributed by atoms with Crippen LogP contribution in [0.5, 0.6) is 0 Å². The molecule has 0 aliphatic rings. The Morgan fingerprint density at radius 1 is 0.905 bits per heavy atom. The Balaban J connectivity index is 3.26. The molecular weight excluding hydrogens is 266 g/mol. The number of carbonyl (C=O) groups is 2. The zero-order valence-corrected chi connectivity index (χ0v) is 13.8. The molecule has 0 aromatic heterocycles. The van der Waals surface area contributed by atoms with E-state index in [-0.39, 0.29) is 18.9 Å². The summed E-state index contributed by atoms with van der Waals surface area (Å²) in [6.45, 7) is 12.7. The molecule has 4 nitrogen and oxygen atoms in total. The fourth-order valence-electron chi connectivity index (χ4n) is 2.61. The topological polar surface area (TPSA) is 57.6 Å². The molecule has 0 radical (unpaired) electrons. The van der Waals surface area contributed by atoms with Gasteiger partial charge in [0, 0.05) is 18.7 Å². The molecule has 0 aliphatic carbocycles. The fourth-order valence-corrected chi connectivity index (χ4v) is 2.61. The monoisotopic (exact) mass is 291 g/mol. The van der Waals surface area contributed by atoms with Crippen LogP contribution in [0.4, 0.5) is 0 Å². The molecule has 0 atom stereocenters. The lowest BCUT2D eigenvalue weighted by Crippen LogP contribution is -2.34. The van der Waals surface area contributed by atoms with Gasteiger partial charge in [0.1, 0.15) is 0 Å². The van der Waals surface area contributed by atoms with Crippen LogP contribution in [0.3, 0.4) is 0 Å². The third-order valence-electron chi connectivity index (χ3n) is 4.48. The van der Waals surface area contributed by atoms with E-state index in [0.717, 1.165) is 27.8 Å². The highest BCUT2D eigenvalue weighted by Crippen LogP contribution is 2.27. The molecule has 1 aromatic carbocycles. The van der Waals surface area contributed by atoms with E-state index in [2.05, 4.69) is 6.92 Å². The Morgan fingerprint density at radius 3 is 1.71 bits per heavy atom. The number of amides is 1. The lowest BCUT2D eigenvalue weighted by atomic mass is 9.89. The average molecular weight is 291 g/mol. The first-order valence-electron chi connectivity index (χ1n) is 7.30. The molecule has 0 saturated heterocycles. The largest absolute Gasteiger partial charge is 0.481 e. The zero-order valence-electron chi connectivity index (χ0n) is 13.8. The first kappa shape index (κ1) is 17.2. The van der Waals surface area contributed by atoms with Crippen molar-refractivity contribution in [2.45, 2.75) is 48.0 Å². The summed E-state index contributed by atoms with van der Waals surface area (Å²) in [6, 6.07) is 0. The van der Waals surface area contributed by atoms with E-state index in [9.17, 15) is 9.59 Å². The summed E-state index contributed by atoms with van der Waals surface area (Å²) in [4.78, 5) is 25.1. The van der Waals surface area contributed by atoms with Crippen LogP contribution in [0.1, 0.15) is 51.5 Å². The van der Waals surface area contributed by atoms with Crippen molar-refractivity contribution in [3.8, 4) is 0 Å². The third kappa shape index (κ3) is 3.43. The quantitative estimate of drug-likeness (QED) is 0.906. The standard InChI is InChI=1S/C17H25NO3/c1-7-18(9-8-15(19)20)17(21)16-13(5)11(3)10(2)12(4)14(16)6/h7-9H2,1-6H3,(H,19,20). The second kappa shape index (κ2) is 6.74. The van der Waals surface area contributed by atoms with Gasteiger partial charge in [-0.1, -0.05) is 0 Å². The predicted molar refractivity (Wildman–Crippen MR) is 84.0 cm³/mol. The van der Waals surface area contributed by atoms with Gasteiger partial charge in [0.2, 0.25) is 0 Å². The number of hydrogen-bond donors (Lipinski definition) is 1. The van der Waals surface area contributed by atoms with Crippen LogP contribution < -0.4 is 0 Å². The summed E-state index contributed by atoms with van der Waals surface area (Å²) in [7, 11) is 0. The van der Waals surface area contributed by atoms with Crippen molar-refractivity contribution in [3.63, 3.8) is 0 Å². The molecule has 0 heterocycles. The fraction of sp³-hybridized carbons (Fsp3) is 0.529. The van der Waals surface area contributed by atoms with Gasteiger partial charge in [-0.05, 0) is 69.4 Å². The number of benzene rings is 1. The molecule has 0 fully saturated rings. The summed E-state index contributed by atoms with van der Waals surface area (Å²) < 4.78 is 0. The van der Waals surface area contributed by atoms with Gasteiger partial charge in [-0.15, -0.1) is 0 Å². The van der Waals surface area contributed by atoms with Crippen LogP contribution in [0.15, 0.2) is 0 Å². The van der Waals surface area contributed by atoms with E-state index in [0.29, 0.717) is 6.54 Å². The molecule has 0 aliphatic heterocycles. The smallest absolute Gasteiger partial charge is 0.305 e. The molecular formula is C17H25NO3. The van der Waals surface area contributed by atoms with E-state index >= 15 is 0 Å². The molecule has 0 unspecified atom stereocenters. The summed E-state index contributed by atoms with van der Waals surface area (Å²) in [5.74, 6) is -0.953. The van der Waals surface area contributed by atoms with Gasteiger partial charge in [-0.3, -0.25) is 9.59 Å². The van der Waals surface area contributed by atoms with Crippen molar-refractivity contribution < 1.29 is 14.7 Å². The maximum Gasteiger partial charge on any atom is 0.305 e. The van der Waals surface area contributed by atoms with Gasteiger partial charge in [-0.2, -0.15) is 0 Å². The van der Waals surface area contributed by atoms with Crippen molar-refractivity contribution in [1.82, 2.24) is 4.90 Å². The molecule has 0 bridgehead atoms. The molecule has 1 amide bonds. The minimum Gasteiger partial charge on any atom is -0.481 e. The summed E-state index contributed by atoms with van der Waals surface area (Å²) >= 11 is 0. The number of carbonyl (C=O) groups excluding carboxylic acids is 1. The van der Waals surface area contributed by atoms with Crippen LogP contribution in [0.2, 0.25) is 0 Å². The minimum absolute atomic E-state index is 0.0263. The first-order chi connectivity index (χ1) is 9.72. The lowest BCUT2D eigenvalue weighted by molar-refractivity contribution is -0.137. The van der Waals surface area contributed by atoms with Crippen LogP contribution in [0.25, 0.3) is 0 Å². The van der Waals surface area contributed by atoms with Crippen LogP contribution >= 0.6 is 0 Å². The number of nitrogens with zero attached hydrogens (tertiary/aromatic N) is 1. The number of carboxylic acids is 1. The Hall–Kier alpha value is -1.84.